The van der Waals surface area contributed by atoms with Crippen molar-refractivity contribution in [3.8, 4) is 11.1 Å². The summed E-state index contributed by atoms with van der Waals surface area (Å²) in [4.78, 5) is 23.8. The molecule has 1 aliphatic rings. The Balaban J connectivity index is 1.67. The minimum Gasteiger partial charge on any atom is -0.478 e. The molecule has 0 saturated carbocycles. The molecule has 0 heterocycles. The summed E-state index contributed by atoms with van der Waals surface area (Å²) >= 11 is 0. The number of rotatable bonds is 3. The van der Waals surface area contributed by atoms with Crippen molar-refractivity contribution in [1.82, 2.24) is 0 Å². The van der Waals surface area contributed by atoms with Gasteiger partial charge in [-0.05, 0) is 52.9 Å². The number of carbonyl (C=O) groups is 2. The Labute approximate surface area is 144 Å². The summed E-state index contributed by atoms with van der Waals surface area (Å²) in [5, 5.41) is 11.9. The highest BCUT2D eigenvalue weighted by molar-refractivity contribution is 6.07. The summed E-state index contributed by atoms with van der Waals surface area (Å²) < 4.78 is 0. The highest BCUT2D eigenvalue weighted by atomic mass is 16.4. The zero-order valence-electron chi connectivity index (χ0n) is 13.3. The molecule has 25 heavy (non-hydrogen) atoms. The maximum atomic E-state index is 12.7. The quantitative estimate of drug-likeness (QED) is 0.592. The van der Waals surface area contributed by atoms with Crippen molar-refractivity contribution in [2.24, 2.45) is 0 Å². The summed E-state index contributed by atoms with van der Waals surface area (Å²) in [7, 11) is 0. The van der Waals surface area contributed by atoms with Crippen molar-refractivity contribution in [1.29, 1.82) is 0 Å². The second-order valence-corrected chi connectivity index (χ2v) is 6.01. The number of benzene rings is 3. The summed E-state index contributed by atoms with van der Waals surface area (Å²) in [6, 6.07) is 20.1. The Bertz CT molecular complexity index is 1010. The Kier molecular flexibility index (Phi) is 3.58. The van der Waals surface area contributed by atoms with Gasteiger partial charge >= 0.3 is 5.97 Å². The van der Waals surface area contributed by atoms with Crippen molar-refractivity contribution in [2.75, 3.05) is 5.32 Å². The molecule has 1 aliphatic carbocycles. The van der Waals surface area contributed by atoms with Gasteiger partial charge in [-0.25, -0.2) is 4.79 Å². The molecule has 0 spiro atoms. The maximum absolute atomic E-state index is 12.7. The number of carboxylic acid groups (broad SMARTS) is 1. The molecule has 2 N–H and O–H groups in total. The van der Waals surface area contributed by atoms with E-state index in [4.69, 9.17) is 5.11 Å². The number of nitrogens with one attached hydrogen (secondary N) is 1. The Morgan fingerprint density at radius 2 is 1.64 bits per heavy atom. The van der Waals surface area contributed by atoms with Gasteiger partial charge in [0.1, 0.15) is 0 Å². The van der Waals surface area contributed by atoms with E-state index in [1.54, 1.807) is 18.2 Å². The molecule has 0 atom stereocenters. The zero-order chi connectivity index (χ0) is 17.4. The van der Waals surface area contributed by atoms with Crippen LogP contribution in [0.2, 0.25) is 0 Å². The SMILES string of the molecule is O=C(O)c1cccc(NC(=O)c2cccc3c2Cc2ccccc2-3)c1. The van der Waals surface area contributed by atoms with Crippen LogP contribution in [0, 0.1) is 0 Å². The standard InChI is InChI=1S/C21H15NO3/c23-20(22-15-7-3-6-14(11-15)21(24)25)18-10-4-9-17-16-8-2-1-5-13(16)12-19(17)18/h1-11H,12H2,(H,22,23)(H,24,25). The van der Waals surface area contributed by atoms with Crippen LogP contribution in [0.15, 0.2) is 66.7 Å². The van der Waals surface area contributed by atoms with Crippen LogP contribution in [-0.2, 0) is 6.42 Å². The van der Waals surface area contributed by atoms with Crippen LogP contribution >= 0.6 is 0 Å². The first-order chi connectivity index (χ1) is 12.1. The summed E-state index contributed by atoms with van der Waals surface area (Å²) in [5.74, 6) is -1.25. The number of fused-ring (bicyclic) bond motifs is 3. The van der Waals surface area contributed by atoms with Crippen LogP contribution in [0.25, 0.3) is 11.1 Å². The van der Waals surface area contributed by atoms with Crippen molar-refractivity contribution < 1.29 is 14.7 Å². The molecule has 0 saturated heterocycles. The smallest absolute Gasteiger partial charge is 0.335 e. The first kappa shape index (κ1) is 15.1. The number of carbonyl (C=O) groups excluding carboxylic acids is 1. The fourth-order valence-corrected chi connectivity index (χ4v) is 3.30. The predicted molar refractivity (Wildman–Crippen MR) is 96.0 cm³/mol. The molecule has 1 amide bonds. The van der Waals surface area contributed by atoms with E-state index < -0.39 is 5.97 Å². The van der Waals surface area contributed by atoms with Crippen molar-refractivity contribution in [2.45, 2.75) is 6.42 Å². The lowest BCUT2D eigenvalue weighted by Gasteiger charge is -2.10. The van der Waals surface area contributed by atoms with Crippen molar-refractivity contribution >= 4 is 17.6 Å². The van der Waals surface area contributed by atoms with Gasteiger partial charge in [-0.3, -0.25) is 4.79 Å². The lowest BCUT2D eigenvalue weighted by molar-refractivity contribution is 0.0696. The third-order valence-electron chi connectivity index (χ3n) is 4.46. The molecule has 0 radical (unpaired) electrons. The second-order valence-electron chi connectivity index (χ2n) is 6.01. The molecule has 0 aromatic heterocycles. The minimum absolute atomic E-state index is 0.142. The number of anilines is 1. The van der Waals surface area contributed by atoms with Gasteiger partial charge < -0.3 is 10.4 Å². The van der Waals surface area contributed by atoms with Gasteiger partial charge in [0.15, 0.2) is 0 Å². The van der Waals surface area contributed by atoms with Crippen LogP contribution in [0.5, 0.6) is 0 Å². The first-order valence-electron chi connectivity index (χ1n) is 7.98. The van der Waals surface area contributed by atoms with Crippen LogP contribution in [0.3, 0.4) is 0 Å². The highest BCUT2D eigenvalue weighted by Crippen LogP contribution is 2.38. The number of hydrogen-bond donors (Lipinski definition) is 2. The van der Waals surface area contributed by atoms with E-state index in [0.29, 0.717) is 11.3 Å². The molecule has 3 aromatic carbocycles. The Hall–Kier alpha value is -3.40. The topological polar surface area (TPSA) is 66.4 Å². The number of amides is 1. The highest BCUT2D eigenvalue weighted by Gasteiger charge is 2.23. The lowest BCUT2D eigenvalue weighted by Crippen LogP contribution is -2.14. The summed E-state index contributed by atoms with van der Waals surface area (Å²) in [5.41, 5.74) is 5.71. The van der Waals surface area contributed by atoms with Crippen LogP contribution in [0.4, 0.5) is 5.69 Å². The molecule has 122 valence electrons. The molecule has 0 aliphatic heterocycles. The largest absolute Gasteiger partial charge is 0.478 e. The third-order valence-corrected chi connectivity index (χ3v) is 4.46. The van der Waals surface area contributed by atoms with E-state index >= 15 is 0 Å². The molecule has 0 bridgehead atoms. The van der Waals surface area contributed by atoms with Crippen molar-refractivity contribution in [3.63, 3.8) is 0 Å². The van der Waals surface area contributed by atoms with Gasteiger partial charge in [0, 0.05) is 11.3 Å². The van der Waals surface area contributed by atoms with E-state index in [0.717, 1.165) is 17.5 Å². The molecular weight excluding hydrogens is 314 g/mol. The number of hydrogen-bond acceptors (Lipinski definition) is 2. The third kappa shape index (κ3) is 2.68. The van der Waals surface area contributed by atoms with Gasteiger partial charge in [-0.15, -0.1) is 0 Å². The zero-order valence-corrected chi connectivity index (χ0v) is 13.3. The molecule has 4 rings (SSSR count). The maximum Gasteiger partial charge on any atom is 0.335 e. The number of aromatic carboxylic acids is 1. The molecular formula is C21H15NO3. The monoisotopic (exact) mass is 329 g/mol. The van der Waals surface area contributed by atoms with Crippen LogP contribution in [0.1, 0.15) is 31.8 Å². The van der Waals surface area contributed by atoms with Gasteiger partial charge in [-0.1, -0.05) is 42.5 Å². The van der Waals surface area contributed by atoms with Crippen LogP contribution < -0.4 is 5.32 Å². The van der Waals surface area contributed by atoms with E-state index in [-0.39, 0.29) is 11.5 Å². The Morgan fingerprint density at radius 3 is 2.48 bits per heavy atom. The van der Waals surface area contributed by atoms with E-state index in [1.807, 2.05) is 24.3 Å². The molecule has 4 heteroatoms. The average molecular weight is 329 g/mol. The fourth-order valence-electron chi connectivity index (χ4n) is 3.30. The van der Waals surface area contributed by atoms with E-state index in [2.05, 4.69) is 17.4 Å². The average Bonchev–Trinajstić information content (AvgIpc) is 3.00. The van der Waals surface area contributed by atoms with Gasteiger partial charge in [-0.2, -0.15) is 0 Å². The van der Waals surface area contributed by atoms with Gasteiger partial charge in [0.25, 0.3) is 5.91 Å². The molecule has 0 unspecified atom stereocenters. The molecule has 4 nitrogen and oxygen atoms in total. The molecule has 0 fully saturated rings. The second kappa shape index (κ2) is 5.91. The van der Waals surface area contributed by atoms with E-state index in [1.165, 1.54) is 23.3 Å². The Morgan fingerprint density at radius 1 is 0.880 bits per heavy atom. The fraction of sp³-hybridized carbons (Fsp3) is 0.0476. The van der Waals surface area contributed by atoms with Crippen LogP contribution in [-0.4, -0.2) is 17.0 Å². The van der Waals surface area contributed by atoms with Gasteiger partial charge in [0.2, 0.25) is 0 Å². The lowest BCUT2D eigenvalue weighted by atomic mass is 10.0. The van der Waals surface area contributed by atoms with E-state index in [9.17, 15) is 9.59 Å². The predicted octanol–water partition coefficient (Wildman–Crippen LogP) is 4.21. The summed E-state index contributed by atoms with van der Waals surface area (Å²) in [6.07, 6.45) is 0.726. The van der Waals surface area contributed by atoms with Gasteiger partial charge in [0.05, 0.1) is 5.56 Å². The van der Waals surface area contributed by atoms with Crippen molar-refractivity contribution in [3.05, 3.63) is 89.0 Å². The number of carboxylic acids is 1. The first-order valence-corrected chi connectivity index (χ1v) is 7.98. The molecule has 3 aromatic rings. The normalized spacial score (nSPS) is 11.5. The minimum atomic E-state index is -1.02. The summed E-state index contributed by atoms with van der Waals surface area (Å²) in [6.45, 7) is 0.